The molecule has 1 atom stereocenters. The van der Waals surface area contributed by atoms with Gasteiger partial charge in [0.25, 0.3) is 0 Å². The molecule has 23 heavy (non-hydrogen) atoms. The third kappa shape index (κ3) is 6.31. The molecule has 0 aliphatic carbocycles. The fraction of sp³-hybridized carbons (Fsp3) is 0.600. The van der Waals surface area contributed by atoms with Gasteiger partial charge in [-0.3, -0.25) is 9.78 Å². The Morgan fingerprint density at radius 2 is 1.83 bits per heavy atom. The van der Waals surface area contributed by atoms with Gasteiger partial charge in [-0.25, -0.2) is 8.42 Å². The van der Waals surface area contributed by atoms with E-state index in [1.165, 1.54) is 33.2 Å². The second-order valence-electron chi connectivity index (χ2n) is 4.08. The van der Waals surface area contributed by atoms with E-state index in [1.54, 1.807) is 0 Å². The van der Waals surface area contributed by atoms with Crippen LogP contribution in [-0.4, -0.2) is 50.0 Å². The van der Waals surface area contributed by atoms with Crippen molar-refractivity contribution in [2.45, 2.75) is 52.1 Å². The number of sulfone groups is 1. The van der Waals surface area contributed by atoms with Gasteiger partial charge in [-0.05, 0) is 12.1 Å². The van der Waals surface area contributed by atoms with E-state index in [2.05, 4.69) is 4.98 Å². The first kappa shape index (κ1) is 23.9. The zero-order chi connectivity index (χ0) is 18.8. The predicted octanol–water partition coefficient (Wildman–Crippen LogP) is 1.68. The van der Waals surface area contributed by atoms with E-state index in [0.717, 1.165) is 11.0 Å². The van der Waals surface area contributed by atoms with Crippen LogP contribution in [0.5, 0.6) is 0 Å². The number of nitrogens with zero attached hydrogens (tertiary/aromatic N) is 2. The van der Waals surface area contributed by atoms with Gasteiger partial charge in [0.15, 0.2) is 17.7 Å². The monoisotopic (exact) mass is 342 g/mol. The molecular formula is C15H27BN2O4S. The van der Waals surface area contributed by atoms with Crippen molar-refractivity contribution in [3.63, 3.8) is 0 Å². The first-order chi connectivity index (χ1) is 10.6. The molecule has 2 radical (unpaired) electrons. The Hall–Kier alpha value is -1.41. The van der Waals surface area contributed by atoms with Crippen LogP contribution in [0.1, 0.15) is 47.2 Å². The Bertz CT molecular complexity index is 589. The number of aliphatic hydroxyl groups is 1. The maximum absolute atomic E-state index is 11.8. The van der Waals surface area contributed by atoms with Gasteiger partial charge in [0.05, 0.1) is 16.3 Å². The number of carbonyl (C=O) groups is 1. The normalized spacial score (nSPS) is 12.7. The van der Waals surface area contributed by atoms with E-state index >= 15 is 0 Å². The summed E-state index contributed by atoms with van der Waals surface area (Å²) in [5.74, 6) is -0.558. The van der Waals surface area contributed by atoms with Crippen LogP contribution in [0.2, 0.25) is 0 Å². The number of rotatable bonds is 4. The molecule has 1 aromatic heterocycles. The van der Waals surface area contributed by atoms with Gasteiger partial charge < -0.3 is 10.0 Å². The van der Waals surface area contributed by atoms with E-state index in [1.807, 2.05) is 27.7 Å². The number of pyridine rings is 1. The molecule has 0 saturated heterocycles. The van der Waals surface area contributed by atoms with Crippen molar-refractivity contribution < 1.29 is 18.3 Å². The Morgan fingerprint density at radius 3 is 2.22 bits per heavy atom. The molecule has 1 heterocycles. The molecule has 1 aromatic rings. The lowest BCUT2D eigenvalue weighted by Crippen LogP contribution is -2.47. The number of aromatic nitrogens is 1. The molecule has 0 bridgehead atoms. The fourth-order valence-corrected chi connectivity index (χ4v) is 2.28. The molecule has 0 fully saturated rings. The van der Waals surface area contributed by atoms with Crippen molar-refractivity contribution in [2.24, 2.45) is 0 Å². The molecule has 0 aromatic carbocycles. The van der Waals surface area contributed by atoms with Crippen molar-refractivity contribution in [1.29, 1.82) is 0 Å². The molecule has 130 valence electrons. The third-order valence-electron chi connectivity index (χ3n) is 2.83. The van der Waals surface area contributed by atoms with Gasteiger partial charge in [0.1, 0.15) is 5.62 Å². The Morgan fingerprint density at radius 1 is 1.35 bits per heavy atom. The highest BCUT2D eigenvalue weighted by Crippen LogP contribution is 2.22. The maximum atomic E-state index is 11.8. The molecular weight excluding hydrogens is 315 g/mol. The lowest BCUT2D eigenvalue weighted by molar-refractivity contribution is -0.141. The third-order valence-corrected chi connectivity index (χ3v) is 4.56. The number of hydrogen-bond acceptors (Lipinski definition) is 5. The molecule has 1 N–H and O–H groups in total. The molecule has 1 unspecified atom stereocenters. The van der Waals surface area contributed by atoms with Crippen molar-refractivity contribution in [2.75, 3.05) is 12.8 Å². The molecule has 0 aliphatic rings. The van der Waals surface area contributed by atoms with Crippen molar-refractivity contribution in [3.05, 3.63) is 24.0 Å². The minimum Gasteiger partial charge on any atom is -0.374 e. The first-order valence-electron chi connectivity index (χ1n) is 7.58. The van der Waals surface area contributed by atoms with E-state index in [9.17, 15) is 18.3 Å². The van der Waals surface area contributed by atoms with Gasteiger partial charge in [0.2, 0.25) is 5.91 Å². The summed E-state index contributed by atoms with van der Waals surface area (Å²) in [5.41, 5.74) is -2.27. The minimum atomic E-state index is -3.44. The van der Waals surface area contributed by atoms with Crippen molar-refractivity contribution in [3.8, 4) is 0 Å². The predicted molar refractivity (Wildman–Crippen MR) is 92.8 cm³/mol. The van der Waals surface area contributed by atoms with E-state index in [0.29, 0.717) is 0 Å². The lowest BCUT2D eigenvalue weighted by atomic mass is 9.85. The van der Waals surface area contributed by atoms with Crippen LogP contribution < -0.4 is 0 Å². The largest absolute Gasteiger partial charge is 0.374 e. The summed E-state index contributed by atoms with van der Waals surface area (Å²) < 4.78 is 23.5. The van der Waals surface area contributed by atoms with Gasteiger partial charge in [0, 0.05) is 20.2 Å². The van der Waals surface area contributed by atoms with Crippen LogP contribution in [0.4, 0.5) is 0 Å². The minimum absolute atomic E-state index is 0.000766. The van der Waals surface area contributed by atoms with E-state index < -0.39 is 21.4 Å². The molecule has 8 heteroatoms. The molecule has 0 spiro atoms. The highest BCUT2D eigenvalue weighted by molar-refractivity contribution is 7.91. The van der Waals surface area contributed by atoms with Crippen LogP contribution in [0, 0.1) is 0 Å². The summed E-state index contributed by atoms with van der Waals surface area (Å²) >= 11 is 0. The summed E-state index contributed by atoms with van der Waals surface area (Å²) in [7, 11) is 3.50. The smallest absolute Gasteiger partial charge is 0.221 e. The van der Waals surface area contributed by atoms with Crippen LogP contribution in [0.15, 0.2) is 23.2 Å². The van der Waals surface area contributed by atoms with Crippen molar-refractivity contribution in [1.82, 2.24) is 9.88 Å². The highest BCUT2D eigenvalue weighted by Gasteiger charge is 2.31. The second kappa shape index (κ2) is 10.4. The Balaban J connectivity index is 0. The summed E-state index contributed by atoms with van der Waals surface area (Å²) in [6, 6.07) is 2.48. The molecule has 0 saturated carbocycles. The summed E-state index contributed by atoms with van der Waals surface area (Å²) in [6.45, 7) is 10.7. The average Bonchev–Trinajstić information content (AvgIpc) is 2.57. The molecule has 1 amide bonds. The molecule has 0 aliphatic heterocycles. The molecule has 6 nitrogen and oxygen atoms in total. The van der Waals surface area contributed by atoms with Crippen LogP contribution in [0.3, 0.4) is 0 Å². The zero-order valence-corrected chi connectivity index (χ0v) is 15.8. The van der Waals surface area contributed by atoms with E-state index in [-0.39, 0.29) is 16.3 Å². The van der Waals surface area contributed by atoms with Crippen LogP contribution in [0.25, 0.3) is 0 Å². The number of carbonyl (C=O) groups excluding carboxylic acids is 1. The number of amides is 1. The highest BCUT2D eigenvalue weighted by atomic mass is 32.2. The van der Waals surface area contributed by atoms with Gasteiger partial charge in [-0.2, -0.15) is 0 Å². The zero-order valence-electron chi connectivity index (χ0n) is 15.0. The standard InChI is InChI=1S/C11H15BN2O4S.2C2H6/c1-4-19(17,18)9-5-6-13-10(7-9)11(12,16)14(3)8(2)15;2*1-2/h5-7,16H,4H2,1-3H3;2*1-2H3. The second-order valence-corrected chi connectivity index (χ2v) is 6.36. The fourth-order valence-electron chi connectivity index (χ4n) is 1.38. The Kier molecular flexibility index (Phi) is 10.8. The van der Waals surface area contributed by atoms with Gasteiger partial charge >= 0.3 is 0 Å². The van der Waals surface area contributed by atoms with Crippen LogP contribution >= 0.6 is 0 Å². The van der Waals surface area contributed by atoms with Crippen LogP contribution in [-0.2, 0) is 20.3 Å². The maximum Gasteiger partial charge on any atom is 0.221 e. The van der Waals surface area contributed by atoms with Gasteiger partial charge in [-0.1, -0.05) is 34.6 Å². The first-order valence-corrected chi connectivity index (χ1v) is 9.23. The lowest BCUT2D eigenvalue weighted by Gasteiger charge is -2.33. The SMILES string of the molecule is CC.CC.[B]C(O)(c1cc(S(=O)(=O)CC)ccn1)N(C)C(C)=O. The summed E-state index contributed by atoms with van der Waals surface area (Å²) in [5, 5.41) is 10.1. The number of hydrogen-bond donors (Lipinski definition) is 1. The molecule has 1 rings (SSSR count). The van der Waals surface area contributed by atoms with Crippen molar-refractivity contribution >= 4 is 23.6 Å². The van der Waals surface area contributed by atoms with E-state index in [4.69, 9.17) is 7.85 Å². The quantitative estimate of drug-likeness (QED) is 0.664. The van der Waals surface area contributed by atoms with Gasteiger partial charge in [-0.15, -0.1) is 0 Å². The summed E-state index contributed by atoms with van der Waals surface area (Å²) in [6.07, 6.45) is 1.23. The summed E-state index contributed by atoms with van der Waals surface area (Å²) in [4.78, 5) is 15.9. The Labute approximate surface area is 141 Å². The topological polar surface area (TPSA) is 87.6 Å². The average molecular weight is 342 g/mol.